The van der Waals surface area contributed by atoms with Crippen LogP contribution >= 0.6 is 0 Å². The van der Waals surface area contributed by atoms with Gasteiger partial charge in [0.15, 0.2) is 9.84 Å². The summed E-state index contributed by atoms with van der Waals surface area (Å²) in [7, 11) is -2.99. The standard InChI is InChI=1S/C12H25NO2S/c1-4-11(13)8-16(14,15)12-6-9(2)5-10(3)7-12/h9-12H,4-8,13H2,1-3H3. The van der Waals surface area contributed by atoms with Gasteiger partial charge >= 0.3 is 0 Å². The Morgan fingerprint density at radius 3 is 2.12 bits per heavy atom. The summed E-state index contributed by atoms with van der Waals surface area (Å²) < 4.78 is 24.3. The van der Waals surface area contributed by atoms with E-state index < -0.39 is 9.84 Å². The molecule has 3 nitrogen and oxygen atoms in total. The van der Waals surface area contributed by atoms with E-state index in [1.807, 2.05) is 6.92 Å². The fourth-order valence-corrected chi connectivity index (χ4v) is 5.07. The zero-order valence-corrected chi connectivity index (χ0v) is 11.5. The average Bonchev–Trinajstić information content (AvgIpc) is 2.15. The number of hydrogen-bond acceptors (Lipinski definition) is 3. The predicted molar refractivity (Wildman–Crippen MR) is 68.0 cm³/mol. The molecule has 4 heteroatoms. The number of hydrogen-bond donors (Lipinski definition) is 1. The van der Waals surface area contributed by atoms with Crippen molar-refractivity contribution in [1.29, 1.82) is 0 Å². The van der Waals surface area contributed by atoms with Crippen molar-refractivity contribution in [3.05, 3.63) is 0 Å². The molecule has 0 amide bonds. The quantitative estimate of drug-likeness (QED) is 0.826. The molecule has 0 bridgehead atoms. The third-order valence-corrected chi connectivity index (χ3v) is 5.91. The highest BCUT2D eigenvalue weighted by Crippen LogP contribution is 2.32. The molecule has 3 atom stereocenters. The maximum Gasteiger partial charge on any atom is 0.154 e. The summed E-state index contributed by atoms with van der Waals surface area (Å²) in [5.74, 6) is 1.22. The number of sulfone groups is 1. The lowest BCUT2D eigenvalue weighted by Gasteiger charge is -2.31. The number of nitrogens with two attached hydrogens (primary N) is 1. The summed E-state index contributed by atoms with van der Waals surface area (Å²) in [6.07, 6.45) is 3.54. The molecule has 1 saturated carbocycles. The lowest BCUT2D eigenvalue weighted by Crippen LogP contribution is -2.38. The Balaban J connectivity index is 2.67. The van der Waals surface area contributed by atoms with Crippen LogP contribution in [-0.4, -0.2) is 25.5 Å². The molecular weight excluding hydrogens is 222 g/mol. The van der Waals surface area contributed by atoms with Crippen LogP contribution in [0.15, 0.2) is 0 Å². The first-order chi connectivity index (χ1) is 7.35. The average molecular weight is 247 g/mol. The molecule has 0 heterocycles. The smallest absolute Gasteiger partial charge is 0.154 e. The Morgan fingerprint density at radius 1 is 1.19 bits per heavy atom. The Hall–Kier alpha value is -0.0900. The topological polar surface area (TPSA) is 60.2 Å². The van der Waals surface area contributed by atoms with Crippen LogP contribution in [0.5, 0.6) is 0 Å². The van der Waals surface area contributed by atoms with Crippen molar-refractivity contribution in [3.63, 3.8) is 0 Å². The van der Waals surface area contributed by atoms with Gasteiger partial charge in [0.1, 0.15) is 0 Å². The van der Waals surface area contributed by atoms with Crippen LogP contribution < -0.4 is 5.73 Å². The monoisotopic (exact) mass is 247 g/mol. The Labute approximate surface area is 99.7 Å². The normalized spacial score (nSPS) is 33.6. The largest absolute Gasteiger partial charge is 0.327 e. The summed E-state index contributed by atoms with van der Waals surface area (Å²) in [6.45, 7) is 6.24. The van der Waals surface area contributed by atoms with Gasteiger partial charge in [0.2, 0.25) is 0 Å². The molecule has 0 aromatic carbocycles. The highest BCUT2D eigenvalue weighted by molar-refractivity contribution is 7.92. The summed E-state index contributed by atoms with van der Waals surface area (Å²) in [5, 5.41) is -0.149. The molecule has 1 fully saturated rings. The van der Waals surface area contributed by atoms with E-state index >= 15 is 0 Å². The second kappa shape index (κ2) is 5.50. The van der Waals surface area contributed by atoms with E-state index in [1.54, 1.807) is 0 Å². The van der Waals surface area contributed by atoms with E-state index in [0.29, 0.717) is 11.8 Å². The molecule has 0 aromatic rings. The highest BCUT2D eigenvalue weighted by Gasteiger charge is 2.33. The molecule has 96 valence electrons. The molecule has 0 saturated heterocycles. The van der Waals surface area contributed by atoms with Crippen LogP contribution in [-0.2, 0) is 9.84 Å². The predicted octanol–water partition coefficient (Wildman–Crippen LogP) is 1.96. The van der Waals surface area contributed by atoms with Crippen molar-refractivity contribution in [2.45, 2.75) is 57.7 Å². The number of rotatable bonds is 4. The summed E-state index contributed by atoms with van der Waals surface area (Å²) in [6, 6.07) is -0.197. The lowest BCUT2D eigenvalue weighted by molar-refractivity contribution is 0.301. The summed E-state index contributed by atoms with van der Waals surface area (Å²) >= 11 is 0. The summed E-state index contributed by atoms with van der Waals surface area (Å²) in [4.78, 5) is 0. The van der Waals surface area contributed by atoms with E-state index in [-0.39, 0.29) is 17.0 Å². The molecule has 1 aliphatic rings. The van der Waals surface area contributed by atoms with Crippen LogP contribution in [0.4, 0.5) is 0 Å². The Morgan fingerprint density at radius 2 is 1.69 bits per heavy atom. The first kappa shape index (κ1) is 14.0. The Bertz CT molecular complexity index is 303. The van der Waals surface area contributed by atoms with Crippen LogP contribution in [0.2, 0.25) is 0 Å². The van der Waals surface area contributed by atoms with Gasteiger partial charge in [0.25, 0.3) is 0 Å². The van der Waals surface area contributed by atoms with Gasteiger partial charge in [-0.2, -0.15) is 0 Å². The molecule has 16 heavy (non-hydrogen) atoms. The molecule has 2 N–H and O–H groups in total. The van der Waals surface area contributed by atoms with E-state index in [0.717, 1.165) is 25.7 Å². The minimum Gasteiger partial charge on any atom is -0.327 e. The van der Waals surface area contributed by atoms with Crippen molar-refractivity contribution in [2.24, 2.45) is 17.6 Å². The third-order valence-electron chi connectivity index (χ3n) is 3.61. The van der Waals surface area contributed by atoms with Gasteiger partial charge in [0, 0.05) is 6.04 Å². The third kappa shape index (κ3) is 3.74. The maximum absolute atomic E-state index is 12.2. The summed E-state index contributed by atoms with van der Waals surface area (Å²) in [5.41, 5.74) is 5.76. The molecule has 1 rings (SSSR count). The second-order valence-corrected chi connectivity index (χ2v) is 7.86. The SMILES string of the molecule is CCC(N)CS(=O)(=O)C1CC(C)CC(C)C1. The van der Waals surface area contributed by atoms with Crippen LogP contribution in [0.1, 0.15) is 46.5 Å². The van der Waals surface area contributed by atoms with Crippen molar-refractivity contribution in [2.75, 3.05) is 5.75 Å². The maximum atomic E-state index is 12.2. The van der Waals surface area contributed by atoms with Gasteiger partial charge in [-0.1, -0.05) is 20.8 Å². The van der Waals surface area contributed by atoms with Gasteiger partial charge in [0.05, 0.1) is 11.0 Å². The minimum atomic E-state index is -2.99. The van der Waals surface area contributed by atoms with Gasteiger partial charge in [-0.25, -0.2) is 8.42 Å². The van der Waals surface area contributed by atoms with Gasteiger partial charge in [-0.3, -0.25) is 0 Å². The minimum absolute atomic E-state index is 0.149. The molecule has 3 unspecified atom stereocenters. The van der Waals surface area contributed by atoms with E-state index in [4.69, 9.17) is 5.73 Å². The zero-order chi connectivity index (χ0) is 12.3. The molecule has 0 aromatic heterocycles. The first-order valence-electron chi connectivity index (χ1n) is 6.32. The van der Waals surface area contributed by atoms with Gasteiger partial charge in [-0.05, 0) is 37.5 Å². The molecule has 1 aliphatic carbocycles. The van der Waals surface area contributed by atoms with Crippen LogP contribution in [0, 0.1) is 11.8 Å². The van der Waals surface area contributed by atoms with Crippen molar-refractivity contribution >= 4 is 9.84 Å². The Kier molecular flexibility index (Phi) is 4.80. The van der Waals surface area contributed by atoms with E-state index in [9.17, 15) is 8.42 Å². The molecule has 0 aliphatic heterocycles. The molecule has 0 spiro atoms. The lowest BCUT2D eigenvalue weighted by atomic mass is 9.83. The van der Waals surface area contributed by atoms with E-state index in [1.165, 1.54) is 0 Å². The molecular formula is C12H25NO2S. The zero-order valence-electron chi connectivity index (χ0n) is 10.6. The highest BCUT2D eigenvalue weighted by atomic mass is 32.2. The second-order valence-electron chi connectivity index (χ2n) is 5.54. The fourth-order valence-electron chi connectivity index (χ4n) is 2.72. The van der Waals surface area contributed by atoms with Gasteiger partial charge < -0.3 is 5.73 Å². The van der Waals surface area contributed by atoms with Crippen molar-refractivity contribution in [3.8, 4) is 0 Å². The fraction of sp³-hybridized carbons (Fsp3) is 1.00. The molecule has 0 radical (unpaired) electrons. The van der Waals surface area contributed by atoms with Gasteiger partial charge in [-0.15, -0.1) is 0 Å². The van der Waals surface area contributed by atoms with E-state index in [2.05, 4.69) is 13.8 Å². The first-order valence-corrected chi connectivity index (χ1v) is 8.03. The van der Waals surface area contributed by atoms with Crippen molar-refractivity contribution < 1.29 is 8.42 Å². The van der Waals surface area contributed by atoms with Crippen molar-refractivity contribution in [1.82, 2.24) is 0 Å². The van der Waals surface area contributed by atoms with Crippen LogP contribution in [0.25, 0.3) is 0 Å². The van der Waals surface area contributed by atoms with Crippen LogP contribution in [0.3, 0.4) is 0 Å².